The van der Waals surface area contributed by atoms with Crippen molar-refractivity contribution in [2.45, 2.75) is 32.2 Å². The molecule has 0 aliphatic carbocycles. The van der Waals surface area contributed by atoms with Gasteiger partial charge in [-0.2, -0.15) is 0 Å². The van der Waals surface area contributed by atoms with E-state index >= 15 is 0 Å². The van der Waals surface area contributed by atoms with Crippen molar-refractivity contribution < 1.29 is 4.79 Å². The van der Waals surface area contributed by atoms with E-state index in [1.54, 1.807) is 11.9 Å². The van der Waals surface area contributed by atoms with Crippen LogP contribution >= 0.6 is 0 Å². The summed E-state index contributed by atoms with van der Waals surface area (Å²) in [5, 5.41) is 10.1. The summed E-state index contributed by atoms with van der Waals surface area (Å²) in [6, 6.07) is -0.170. The molecule has 1 rings (SSSR count). The van der Waals surface area contributed by atoms with Crippen LogP contribution in [0, 0.1) is 5.41 Å². The van der Waals surface area contributed by atoms with Gasteiger partial charge in [0.2, 0.25) is 0 Å². The zero-order valence-corrected chi connectivity index (χ0v) is 7.77. The average molecular weight is 169 g/mol. The first-order valence-corrected chi connectivity index (χ1v) is 4.16. The summed E-state index contributed by atoms with van der Waals surface area (Å²) in [6.07, 6.45) is 1.80. The van der Waals surface area contributed by atoms with E-state index in [4.69, 9.17) is 5.41 Å². The lowest BCUT2D eigenvalue weighted by molar-refractivity contribution is 0.193. The topological polar surface area (TPSA) is 56.2 Å². The first-order valence-electron chi connectivity index (χ1n) is 4.16. The molecular formula is C8H15N3O. The number of rotatable bonds is 2. The first-order chi connectivity index (χ1) is 5.52. The fourth-order valence-corrected chi connectivity index (χ4v) is 1.50. The van der Waals surface area contributed by atoms with Gasteiger partial charge in [0.05, 0.1) is 5.54 Å². The minimum absolute atomic E-state index is 0.170. The van der Waals surface area contributed by atoms with Gasteiger partial charge < -0.3 is 4.90 Å². The van der Waals surface area contributed by atoms with E-state index < -0.39 is 5.54 Å². The van der Waals surface area contributed by atoms with Gasteiger partial charge in [0.25, 0.3) is 0 Å². The predicted molar refractivity (Wildman–Crippen MR) is 47.3 cm³/mol. The second-order valence-electron chi connectivity index (χ2n) is 3.39. The summed E-state index contributed by atoms with van der Waals surface area (Å²) in [6.45, 7) is 3.96. The molecule has 1 atom stereocenters. The van der Waals surface area contributed by atoms with Gasteiger partial charge in [-0.15, -0.1) is 0 Å². The summed E-state index contributed by atoms with van der Waals surface area (Å²) < 4.78 is 0. The van der Waals surface area contributed by atoms with E-state index in [1.165, 1.54) is 0 Å². The van der Waals surface area contributed by atoms with Crippen molar-refractivity contribution in [2.24, 2.45) is 0 Å². The maximum atomic E-state index is 11.1. The molecule has 1 aliphatic rings. The fraction of sp³-hybridized carbons (Fsp3) is 0.750. The standard InChI is InChI=1S/C8H15N3O/c1-4-5-8(2)6(9)10-7(12)11(8)3/h4-5H2,1-3H3,(H2,9,10,12). The third-order valence-corrected chi connectivity index (χ3v) is 2.55. The highest BCUT2D eigenvalue weighted by Crippen LogP contribution is 2.24. The predicted octanol–water partition coefficient (Wildman–Crippen LogP) is 1.18. The molecule has 0 bridgehead atoms. The second kappa shape index (κ2) is 2.77. The van der Waals surface area contributed by atoms with Crippen LogP contribution in [0.2, 0.25) is 0 Å². The van der Waals surface area contributed by atoms with Crippen molar-refractivity contribution in [3.8, 4) is 0 Å². The number of nitrogens with one attached hydrogen (secondary N) is 2. The summed E-state index contributed by atoms with van der Waals surface area (Å²) in [5.74, 6) is 0.317. The van der Waals surface area contributed by atoms with Crippen LogP contribution in [-0.2, 0) is 0 Å². The number of carbonyl (C=O) groups excluding carboxylic acids is 1. The van der Waals surface area contributed by atoms with Crippen LogP contribution < -0.4 is 5.32 Å². The quantitative estimate of drug-likeness (QED) is 0.640. The second-order valence-corrected chi connectivity index (χ2v) is 3.39. The lowest BCUT2D eigenvalue weighted by atomic mass is 9.95. The van der Waals surface area contributed by atoms with Gasteiger partial charge in [-0.25, -0.2) is 4.79 Å². The van der Waals surface area contributed by atoms with Crippen LogP contribution in [0.4, 0.5) is 4.79 Å². The molecule has 68 valence electrons. The molecule has 1 saturated heterocycles. The maximum absolute atomic E-state index is 11.1. The number of hydrogen-bond donors (Lipinski definition) is 2. The van der Waals surface area contributed by atoms with Crippen molar-refractivity contribution >= 4 is 11.9 Å². The Kier molecular flexibility index (Phi) is 2.08. The van der Waals surface area contributed by atoms with Gasteiger partial charge in [-0.05, 0) is 13.3 Å². The molecule has 2 N–H and O–H groups in total. The van der Waals surface area contributed by atoms with Gasteiger partial charge in [-0.3, -0.25) is 10.7 Å². The molecule has 0 saturated carbocycles. The highest BCUT2D eigenvalue weighted by molar-refractivity contribution is 6.07. The molecular weight excluding hydrogens is 154 g/mol. The van der Waals surface area contributed by atoms with Gasteiger partial charge in [-0.1, -0.05) is 13.3 Å². The van der Waals surface area contributed by atoms with Crippen LogP contribution in [0.3, 0.4) is 0 Å². The van der Waals surface area contributed by atoms with E-state index in [1.807, 2.05) is 6.92 Å². The summed E-state index contributed by atoms with van der Waals surface area (Å²) in [7, 11) is 1.73. The Balaban J connectivity index is 2.87. The average Bonchev–Trinajstić information content (AvgIpc) is 2.17. The first kappa shape index (κ1) is 9.03. The lowest BCUT2D eigenvalue weighted by Gasteiger charge is -2.29. The number of urea groups is 1. The van der Waals surface area contributed by atoms with Gasteiger partial charge >= 0.3 is 6.03 Å². The number of likely N-dealkylation sites (N-methyl/N-ethyl adjacent to an activating group) is 1. The van der Waals surface area contributed by atoms with Crippen LogP contribution in [0.1, 0.15) is 26.7 Å². The summed E-state index contributed by atoms with van der Waals surface area (Å²) >= 11 is 0. The summed E-state index contributed by atoms with van der Waals surface area (Å²) in [5.41, 5.74) is -0.411. The Bertz CT molecular complexity index is 226. The highest BCUT2D eigenvalue weighted by atomic mass is 16.2. The maximum Gasteiger partial charge on any atom is 0.323 e. The number of nitrogens with zero attached hydrogens (tertiary/aromatic N) is 1. The van der Waals surface area contributed by atoms with Crippen molar-refractivity contribution in [1.29, 1.82) is 5.41 Å². The largest absolute Gasteiger partial charge is 0.323 e. The molecule has 1 heterocycles. The molecule has 0 spiro atoms. The molecule has 4 heteroatoms. The zero-order chi connectivity index (χ0) is 9.35. The monoisotopic (exact) mass is 169 g/mol. The number of hydrogen-bond acceptors (Lipinski definition) is 2. The number of amides is 2. The molecule has 1 unspecified atom stereocenters. The van der Waals surface area contributed by atoms with Crippen molar-refractivity contribution in [3.63, 3.8) is 0 Å². The normalized spacial score (nSPS) is 29.4. The third kappa shape index (κ3) is 1.07. The van der Waals surface area contributed by atoms with Gasteiger partial charge in [0.1, 0.15) is 5.84 Å². The summed E-state index contributed by atoms with van der Waals surface area (Å²) in [4.78, 5) is 12.7. The zero-order valence-electron chi connectivity index (χ0n) is 7.77. The van der Waals surface area contributed by atoms with E-state index in [0.29, 0.717) is 5.84 Å². The lowest BCUT2D eigenvalue weighted by Crippen LogP contribution is -2.44. The SMILES string of the molecule is CCCC1(C)C(=N)NC(=O)N1C. The van der Waals surface area contributed by atoms with Crippen LogP contribution in [0.25, 0.3) is 0 Å². The van der Waals surface area contributed by atoms with Crippen molar-refractivity contribution in [1.82, 2.24) is 10.2 Å². The van der Waals surface area contributed by atoms with E-state index in [9.17, 15) is 4.79 Å². The molecule has 4 nitrogen and oxygen atoms in total. The van der Waals surface area contributed by atoms with E-state index in [0.717, 1.165) is 12.8 Å². The third-order valence-electron chi connectivity index (χ3n) is 2.55. The van der Waals surface area contributed by atoms with Gasteiger partial charge in [0.15, 0.2) is 0 Å². The Labute approximate surface area is 72.4 Å². The number of amidine groups is 1. The Morgan fingerprint density at radius 1 is 1.67 bits per heavy atom. The Hall–Kier alpha value is -1.06. The fourth-order valence-electron chi connectivity index (χ4n) is 1.50. The smallest absolute Gasteiger partial charge is 0.315 e. The molecule has 2 amide bonds. The minimum Gasteiger partial charge on any atom is -0.315 e. The highest BCUT2D eigenvalue weighted by Gasteiger charge is 2.43. The molecule has 0 aromatic rings. The van der Waals surface area contributed by atoms with E-state index in [-0.39, 0.29) is 6.03 Å². The van der Waals surface area contributed by atoms with Crippen LogP contribution in [-0.4, -0.2) is 29.4 Å². The van der Waals surface area contributed by atoms with Gasteiger partial charge in [0, 0.05) is 7.05 Å². The molecule has 0 aromatic carbocycles. The Morgan fingerprint density at radius 2 is 2.25 bits per heavy atom. The molecule has 12 heavy (non-hydrogen) atoms. The van der Waals surface area contributed by atoms with Crippen LogP contribution in [0.5, 0.6) is 0 Å². The Morgan fingerprint density at radius 3 is 2.58 bits per heavy atom. The molecule has 0 aromatic heterocycles. The number of carbonyl (C=O) groups is 1. The van der Waals surface area contributed by atoms with Crippen molar-refractivity contribution in [3.05, 3.63) is 0 Å². The van der Waals surface area contributed by atoms with Crippen molar-refractivity contribution in [2.75, 3.05) is 7.05 Å². The molecule has 1 fully saturated rings. The minimum atomic E-state index is -0.411. The van der Waals surface area contributed by atoms with E-state index in [2.05, 4.69) is 12.2 Å². The molecule has 0 radical (unpaired) electrons. The molecule has 1 aliphatic heterocycles. The van der Waals surface area contributed by atoms with Crippen LogP contribution in [0.15, 0.2) is 0 Å².